The number of carbonyl (C=O) groups excluding carboxylic acids is 2. The highest BCUT2D eigenvalue weighted by atomic mass is 16.5. The van der Waals surface area contributed by atoms with E-state index in [2.05, 4.69) is 27.5 Å². The molecule has 2 N–H and O–H groups in total. The molecule has 0 saturated carbocycles. The Morgan fingerprint density at radius 3 is 2.62 bits per heavy atom. The highest BCUT2D eigenvalue weighted by molar-refractivity contribution is 5.95. The molecule has 2 aromatic carbocycles. The molecule has 1 saturated heterocycles. The fraction of sp³-hybridized carbons (Fsp3) is 0.308. The third-order valence-corrected chi connectivity index (χ3v) is 6.06. The Hall–Kier alpha value is -3.94. The van der Waals surface area contributed by atoms with Gasteiger partial charge in [0.2, 0.25) is 5.91 Å². The molecular weight excluding hydrogens is 430 g/mol. The normalized spacial score (nSPS) is 14.1. The maximum Gasteiger partial charge on any atom is 0.251 e. The number of nitrogens with zero attached hydrogens (tertiary/aromatic N) is 3. The second-order valence-corrected chi connectivity index (χ2v) is 8.30. The van der Waals surface area contributed by atoms with E-state index >= 15 is 0 Å². The molecule has 1 fully saturated rings. The molecule has 3 aromatic rings. The van der Waals surface area contributed by atoms with E-state index < -0.39 is 0 Å². The lowest BCUT2D eigenvalue weighted by atomic mass is 9.98. The molecule has 0 aliphatic carbocycles. The van der Waals surface area contributed by atoms with Crippen LogP contribution < -0.4 is 20.3 Å². The summed E-state index contributed by atoms with van der Waals surface area (Å²) in [5.74, 6) is 1.54. The molecule has 4 rings (SSSR count). The second kappa shape index (κ2) is 10.3. The number of aromatic nitrogens is 2. The summed E-state index contributed by atoms with van der Waals surface area (Å²) in [7, 11) is 3.21. The van der Waals surface area contributed by atoms with Gasteiger partial charge in [0.05, 0.1) is 12.8 Å². The monoisotopic (exact) mass is 459 g/mol. The van der Waals surface area contributed by atoms with Gasteiger partial charge in [0.15, 0.2) is 0 Å². The molecular formula is C26H29N5O3. The molecule has 0 unspecified atom stereocenters. The van der Waals surface area contributed by atoms with Crippen molar-refractivity contribution in [3.05, 3.63) is 66.0 Å². The zero-order chi connectivity index (χ0) is 24.1. The van der Waals surface area contributed by atoms with Gasteiger partial charge in [-0.1, -0.05) is 25.1 Å². The number of rotatable bonds is 8. The number of methoxy groups -OCH3 is 1. The number of hydrogen-bond donors (Lipinski definition) is 2. The molecule has 2 heterocycles. The van der Waals surface area contributed by atoms with Gasteiger partial charge in [-0.05, 0) is 36.2 Å². The van der Waals surface area contributed by atoms with Crippen molar-refractivity contribution < 1.29 is 14.3 Å². The minimum absolute atomic E-state index is 0.115. The van der Waals surface area contributed by atoms with E-state index in [1.54, 1.807) is 32.6 Å². The van der Waals surface area contributed by atoms with Crippen LogP contribution in [-0.2, 0) is 4.79 Å². The molecule has 0 radical (unpaired) electrons. The van der Waals surface area contributed by atoms with Crippen molar-refractivity contribution in [1.82, 2.24) is 15.3 Å². The van der Waals surface area contributed by atoms with Crippen LogP contribution in [0.3, 0.4) is 0 Å². The van der Waals surface area contributed by atoms with Crippen LogP contribution >= 0.6 is 0 Å². The molecule has 8 nitrogen and oxygen atoms in total. The van der Waals surface area contributed by atoms with E-state index in [9.17, 15) is 9.59 Å². The van der Waals surface area contributed by atoms with E-state index in [-0.39, 0.29) is 17.7 Å². The number of nitrogens with one attached hydrogen (secondary N) is 2. The smallest absolute Gasteiger partial charge is 0.251 e. The predicted octanol–water partition coefficient (Wildman–Crippen LogP) is 3.85. The first-order chi connectivity index (χ1) is 16.5. The molecule has 0 bridgehead atoms. The average Bonchev–Trinajstić information content (AvgIpc) is 3.32. The standard InChI is InChI=1S/C26H29N5O3/c1-17(21-11-8-19(26(33)27-2)13-23(21)34-3)15-28-24-14-22(29-16-30-24)18-6-9-20(10-7-18)31-12-4-5-25(31)32/h6-11,13-14,16-17H,4-5,12,15H2,1-3H3,(H,27,33)(H,28,29,30)/t17-/m1/s1. The summed E-state index contributed by atoms with van der Waals surface area (Å²) in [6.07, 6.45) is 3.06. The lowest BCUT2D eigenvalue weighted by molar-refractivity contribution is -0.117. The van der Waals surface area contributed by atoms with Crippen LogP contribution in [-0.4, -0.2) is 49.0 Å². The van der Waals surface area contributed by atoms with Crippen LogP contribution in [0, 0.1) is 0 Å². The first kappa shape index (κ1) is 23.2. The van der Waals surface area contributed by atoms with Gasteiger partial charge in [-0.25, -0.2) is 9.97 Å². The zero-order valence-corrected chi connectivity index (χ0v) is 19.7. The number of amides is 2. The molecule has 176 valence electrons. The Balaban J connectivity index is 1.44. The number of carbonyl (C=O) groups is 2. The molecule has 1 aromatic heterocycles. The SMILES string of the molecule is CNC(=O)c1ccc([C@H](C)CNc2cc(-c3ccc(N4CCCC4=O)cc3)ncn2)c(OC)c1. The Kier molecular flexibility index (Phi) is 7.06. The number of benzene rings is 2. The summed E-state index contributed by atoms with van der Waals surface area (Å²) in [6.45, 7) is 3.49. The maximum absolute atomic E-state index is 12.0. The van der Waals surface area contributed by atoms with E-state index in [1.165, 1.54) is 0 Å². The van der Waals surface area contributed by atoms with E-state index in [0.29, 0.717) is 24.3 Å². The molecule has 8 heteroatoms. The molecule has 1 aliphatic rings. The summed E-state index contributed by atoms with van der Waals surface area (Å²) in [4.78, 5) is 34.5. The topological polar surface area (TPSA) is 96.5 Å². The van der Waals surface area contributed by atoms with Gasteiger partial charge in [-0.2, -0.15) is 0 Å². The van der Waals surface area contributed by atoms with Crippen molar-refractivity contribution in [2.24, 2.45) is 0 Å². The molecule has 2 amide bonds. The Morgan fingerprint density at radius 1 is 1.15 bits per heavy atom. The summed E-state index contributed by atoms with van der Waals surface area (Å²) < 4.78 is 5.53. The van der Waals surface area contributed by atoms with Crippen molar-refractivity contribution in [1.29, 1.82) is 0 Å². The lowest BCUT2D eigenvalue weighted by Gasteiger charge is -2.18. The van der Waals surface area contributed by atoms with Crippen LogP contribution in [0.4, 0.5) is 11.5 Å². The number of hydrogen-bond acceptors (Lipinski definition) is 6. The van der Waals surface area contributed by atoms with Crippen LogP contribution in [0.2, 0.25) is 0 Å². The molecule has 1 atom stereocenters. The molecule has 1 aliphatic heterocycles. The summed E-state index contributed by atoms with van der Waals surface area (Å²) >= 11 is 0. The van der Waals surface area contributed by atoms with Crippen LogP contribution in [0.1, 0.15) is 41.6 Å². The van der Waals surface area contributed by atoms with Crippen molar-refractivity contribution in [3.8, 4) is 17.0 Å². The van der Waals surface area contributed by atoms with Crippen LogP contribution in [0.5, 0.6) is 5.75 Å². The fourth-order valence-electron chi connectivity index (χ4n) is 4.12. The fourth-order valence-corrected chi connectivity index (χ4v) is 4.12. The van der Waals surface area contributed by atoms with E-state index in [1.807, 2.05) is 41.3 Å². The van der Waals surface area contributed by atoms with E-state index in [4.69, 9.17) is 4.74 Å². The van der Waals surface area contributed by atoms with Gasteiger partial charge in [-0.3, -0.25) is 9.59 Å². The van der Waals surface area contributed by atoms with Crippen LogP contribution in [0.15, 0.2) is 54.9 Å². The van der Waals surface area contributed by atoms with Gasteiger partial charge >= 0.3 is 0 Å². The summed E-state index contributed by atoms with van der Waals surface area (Å²) in [6, 6.07) is 15.3. The summed E-state index contributed by atoms with van der Waals surface area (Å²) in [5.41, 5.74) is 4.24. The molecule has 34 heavy (non-hydrogen) atoms. The quantitative estimate of drug-likeness (QED) is 0.531. The minimum Gasteiger partial charge on any atom is -0.496 e. The van der Waals surface area contributed by atoms with E-state index in [0.717, 1.165) is 41.3 Å². The third kappa shape index (κ3) is 5.01. The number of anilines is 2. The zero-order valence-electron chi connectivity index (χ0n) is 19.7. The highest BCUT2D eigenvalue weighted by Crippen LogP contribution is 2.29. The Morgan fingerprint density at radius 2 is 1.94 bits per heavy atom. The van der Waals surface area contributed by atoms with Gasteiger partial charge in [0.25, 0.3) is 5.91 Å². The largest absolute Gasteiger partial charge is 0.496 e. The van der Waals surface area contributed by atoms with Gasteiger partial charge < -0.3 is 20.3 Å². The Bertz CT molecular complexity index is 1180. The maximum atomic E-state index is 12.0. The van der Waals surface area contributed by atoms with Gasteiger partial charge in [0.1, 0.15) is 17.9 Å². The minimum atomic E-state index is -0.149. The highest BCUT2D eigenvalue weighted by Gasteiger charge is 2.21. The second-order valence-electron chi connectivity index (χ2n) is 8.30. The van der Waals surface area contributed by atoms with Crippen molar-refractivity contribution in [2.75, 3.05) is 37.5 Å². The van der Waals surface area contributed by atoms with Crippen molar-refractivity contribution >= 4 is 23.3 Å². The number of ether oxygens (including phenoxy) is 1. The first-order valence-corrected chi connectivity index (χ1v) is 11.4. The first-order valence-electron chi connectivity index (χ1n) is 11.4. The van der Waals surface area contributed by atoms with Gasteiger partial charge in [0, 0.05) is 55.4 Å². The molecule has 0 spiro atoms. The van der Waals surface area contributed by atoms with Crippen LogP contribution in [0.25, 0.3) is 11.3 Å². The Labute approximate surface area is 199 Å². The third-order valence-electron chi connectivity index (χ3n) is 6.06. The predicted molar refractivity (Wildman–Crippen MR) is 132 cm³/mol. The van der Waals surface area contributed by atoms with Crippen molar-refractivity contribution in [2.45, 2.75) is 25.7 Å². The lowest BCUT2D eigenvalue weighted by Crippen LogP contribution is -2.23. The van der Waals surface area contributed by atoms with Crippen molar-refractivity contribution in [3.63, 3.8) is 0 Å². The average molecular weight is 460 g/mol. The van der Waals surface area contributed by atoms with Gasteiger partial charge in [-0.15, -0.1) is 0 Å². The summed E-state index contributed by atoms with van der Waals surface area (Å²) in [5, 5.41) is 6.00.